The highest BCUT2D eigenvalue weighted by molar-refractivity contribution is 5.92. The minimum atomic E-state index is 0.0264. The number of carbonyl (C=O) groups excluding carboxylic acids is 1. The van der Waals surface area contributed by atoms with Crippen molar-refractivity contribution in [3.63, 3.8) is 0 Å². The van der Waals surface area contributed by atoms with Gasteiger partial charge in [0, 0.05) is 18.1 Å². The predicted octanol–water partition coefficient (Wildman–Crippen LogP) is 2.21. The summed E-state index contributed by atoms with van der Waals surface area (Å²) in [6.45, 7) is 7.05. The summed E-state index contributed by atoms with van der Waals surface area (Å²) in [5, 5.41) is 7.10. The van der Waals surface area contributed by atoms with Gasteiger partial charge in [-0.1, -0.05) is 26.0 Å². The molecule has 0 aliphatic carbocycles. The number of nitrogens with zero attached hydrogens (tertiary/aromatic N) is 3. The zero-order valence-electron chi connectivity index (χ0n) is 12.6. The van der Waals surface area contributed by atoms with Crippen LogP contribution in [0.3, 0.4) is 0 Å². The van der Waals surface area contributed by atoms with E-state index in [-0.39, 0.29) is 5.91 Å². The summed E-state index contributed by atoms with van der Waals surface area (Å²) < 4.78 is 1.87. The summed E-state index contributed by atoms with van der Waals surface area (Å²) in [4.78, 5) is 14.0. The van der Waals surface area contributed by atoms with Crippen molar-refractivity contribution < 1.29 is 4.79 Å². The first kappa shape index (κ1) is 15.3. The fourth-order valence-electron chi connectivity index (χ4n) is 2.13. The molecule has 1 amide bonds. The summed E-state index contributed by atoms with van der Waals surface area (Å²) in [6.07, 6.45) is 3.70. The minimum Gasteiger partial charge on any atom is -0.325 e. The van der Waals surface area contributed by atoms with Gasteiger partial charge < -0.3 is 5.32 Å². The summed E-state index contributed by atoms with van der Waals surface area (Å²) in [6, 6.07) is 9.78. The molecule has 0 aliphatic heterocycles. The second-order valence-corrected chi connectivity index (χ2v) is 4.91. The summed E-state index contributed by atoms with van der Waals surface area (Å²) in [5.41, 5.74) is 1.98. The third kappa shape index (κ3) is 4.72. The molecule has 1 aromatic heterocycles. The summed E-state index contributed by atoms with van der Waals surface area (Å²) >= 11 is 0. The highest BCUT2D eigenvalue weighted by Gasteiger charge is 2.07. The Bertz CT molecular complexity index is 544. The Kier molecular flexibility index (Phi) is 5.51. The molecule has 0 bridgehead atoms. The highest BCUT2D eigenvalue weighted by atomic mass is 16.2. The van der Waals surface area contributed by atoms with Crippen molar-refractivity contribution in [2.75, 3.05) is 25.0 Å². The number of hydrogen-bond acceptors (Lipinski definition) is 3. The number of benzene rings is 1. The number of hydrogen-bond donors (Lipinski definition) is 1. The maximum absolute atomic E-state index is 11.9. The van der Waals surface area contributed by atoms with Gasteiger partial charge in [-0.15, -0.1) is 0 Å². The molecule has 2 rings (SSSR count). The van der Waals surface area contributed by atoms with Crippen molar-refractivity contribution >= 4 is 11.6 Å². The van der Waals surface area contributed by atoms with Gasteiger partial charge in [0.05, 0.1) is 13.1 Å². The summed E-state index contributed by atoms with van der Waals surface area (Å²) in [7, 11) is 0. The fourth-order valence-corrected chi connectivity index (χ4v) is 2.13. The van der Waals surface area contributed by atoms with Crippen LogP contribution >= 0.6 is 0 Å². The molecule has 0 radical (unpaired) electrons. The molecule has 0 saturated heterocycles. The van der Waals surface area contributed by atoms with Crippen LogP contribution in [-0.4, -0.2) is 40.2 Å². The van der Waals surface area contributed by atoms with Crippen molar-refractivity contribution in [1.82, 2.24) is 14.7 Å². The largest absolute Gasteiger partial charge is 0.325 e. The highest BCUT2D eigenvalue weighted by Crippen LogP contribution is 2.10. The number of aromatic nitrogens is 2. The normalized spacial score (nSPS) is 10.8. The lowest BCUT2D eigenvalue weighted by Crippen LogP contribution is -2.32. The standard InChI is InChI=1S/C16H22N4O/c1-3-19(4-2)13-16(21)18-15-8-6-14(7-9-15)12-20-11-5-10-17-20/h5-11H,3-4,12-13H2,1-2H3,(H,18,21). The van der Waals surface area contributed by atoms with E-state index in [4.69, 9.17) is 0 Å². The van der Waals surface area contributed by atoms with E-state index in [0.29, 0.717) is 6.54 Å². The van der Waals surface area contributed by atoms with E-state index >= 15 is 0 Å². The third-order valence-corrected chi connectivity index (χ3v) is 3.40. The first-order valence-electron chi connectivity index (χ1n) is 7.29. The lowest BCUT2D eigenvalue weighted by molar-refractivity contribution is -0.117. The molecule has 0 spiro atoms. The van der Waals surface area contributed by atoms with E-state index in [1.807, 2.05) is 41.2 Å². The van der Waals surface area contributed by atoms with Crippen LogP contribution in [0.2, 0.25) is 0 Å². The van der Waals surface area contributed by atoms with E-state index in [1.54, 1.807) is 6.20 Å². The van der Waals surface area contributed by atoms with Crippen LogP contribution in [0.15, 0.2) is 42.7 Å². The number of rotatable bonds is 7. The van der Waals surface area contributed by atoms with Crippen molar-refractivity contribution in [3.05, 3.63) is 48.3 Å². The van der Waals surface area contributed by atoms with Gasteiger partial charge >= 0.3 is 0 Å². The second-order valence-electron chi connectivity index (χ2n) is 4.91. The Balaban J connectivity index is 1.88. The molecule has 0 unspecified atom stereocenters. The zero-order valence-corrected chi connectivity index (χ0v) is 12.6. The van der Waals surface area contributed by atoms with E-state index in [9.17, 15) is 4.79 Å². The maximum atomic E-state index is 11.9. The minimum absolute atomic E-state index is 0.0264. The van der Waals surface area contributed by atoms with Gasteiger partial charge in [-0.2, -0.15) is 5.10 Å². The predicted molar refractivity (Wildman–Crippen MR) is 84.2 cm³/mol. The van der Waals surface area contributed by atoms with Crippen LogP contribution in [0.25, 0.3) is 0 Å². The van der Waals surface area contributed by atoms with Crippen LogP contribution in [0, 0.1) is 0 Å². The Labute approximate surface area is 125 Å². The monoisotopic (exact) mass is 286 g/mol. The molecule has 1 N–H and O–H groups in total. The van der Waals surface area contributed by atoms with Gasteiger partial charge in [0.2, 0.25) is 5.91 Å². The first-order chi connectivity index (χ1) is 10.2. The zero-order chi connectivity index (χ0) is 15.1. The van der Waals surface area contributed by atoms with Crippen LogP contribution in [0.4, 0.5) is 5.69 Å². The van der Waals surface area contributed by atoms with E-state index in [1.165, 1.54) is 0 Å². The maximum Gasteiger partial charge on any atom is 0.238 e. The van der Waals surface area contributed by atoms with Crippen molar-refractivity contribution in [2.45, 2.75) is 20.4 Å². The van der Waals surface area contributed by atoms with Gasteiger partial charge in [0.15, 0.2) is 0 Å². The molecule has 5 nitrogen and oxygen atoms in total. The van der Waals surface area contributed by atoms with Crippen molar-refractivity contribution in [2.24, 2.45) is 0 Å². The Morgan fingerprint density at radius 3 is 2.52 bits per heavy atom. The Morgan fingerprint density at radius 1 is 1.24 bits per heavy atom. The smallest absolute Gasteiger partial charge is 0.238 e. The van der Waals surface area contributed by atoms with Gasteiger partial charge in [0.1, 0.15) is 0 Å². The van der Waals surface area contributed by atoms with Crippen LogP contribution in [-0.2, 0) is 11.3 Å². The molecule has 1 aromatic carbocycles. The molecule has 5 heteroatoms. The molecule has 112 valence electrons. The average Bonchev–Trinajstić information content (AvgIpc) is 3.00. The molecule has 0 fully saturated rings. The molecule has 21 heavy (non-hydrogen) atoms. The van der Waals surface area contributed by atoms with Crippen molar-refractivity contribution in [3.8, 4) is 0 Å². The average molecular weight is 286 g/mol. The first-order valence-corrected chi connectivity index (χ1v) is 7.29. The molecule has 2 aromatic rings. The van der Waals surface area contributed by atoms with E-state index in [0.717, 1.165) is 30.9 Å². The van der Waals surface area contributed by atoms with Crippen molar-refractivity contribution in [1.29, 1.82) is 0 Å². The quantitative estimate of drug-likeness (QED) is 0.849. The third-order valence-electron chi connectivity index (χ3n) is 3.40. The van der Waals surface area contributed by atoms with Gasteiger partial charge in [0.25, 0.3) is 0 Å². The number of likely N-dealkylation sites (N-methyl/N-ethyl adjacent to an activating group) is 1. The Morgan fingerprint density at radius 2 is 1.95 bits per heavy atom. The lowest BCUT2D eigenvalue weighted by Gasteiger charge is -2.17. The SMILES string of the molecule is CCN(CC)CC(=O)Nc1ccc(Cn2cccn2)cc1. The van der Waals surface area contributed by atoms with Gasteiger partial charge in [-0.3, -0.25) is 14.4 Å². The van der Waals surface area contributed by atoms with Gasteiger partial charge in [-0.05, 0) is 36.9 Å². The molecule has 0 aliphatic rings. The van der Waals surface area contributed by atoms with Crippen LogP contribution < -0.4 is 5.32 Å². The molecular formula is C16H22N4O. The van der Waals surface area contributed by atoms with Gasteiger partial charge in [-0.25, -0.2) is 0 Å². The summed E-state index contributed by atoms with van der Waals surface area (Å²) in [5.74, 6) is 0.0264. The molecule has 0 atom stereocenters. The number of carbonyl (C=O) groups is 1. The number of nitrogens with one attached hydrogen (secondary N) is 1. The second kappa shape index (κ2) is 7.59. The van der Waals surface area contributed by atoms with Crippen LogP contribution in [0.5, 0.6) is 0 Å². The number of anilines is 1. The molecule has 1 heterocycles. The van der Waals surface area contributed by atoms with E-state index in [2.05, 4.69) is 29.2 Å². The van der Waals surface area contributed by atoms with Crippen LogP contribution in [0.1, 0.15) is 19.4 Å². The lowest BCUT2D eigenvalue weighted by atomic mass is 10.2. The fraction of sp³-hybridized carbons (Fsp3) is 0.375. The number of amides is 1. The molecule has 0 saturated carbocycles. The molecular weight excluding hydrogens is 264 g/mol. The topological polar surface area (TPSA) is 50.2 Å². The van der Waals surface area contributed by atoms with E-state index < -0.39 is 0 Å². The Hall–Kier alpha value is -2.14.